The van der Waals surface area contributed by atoms with Crippen molar-refractivity contribution in [3.05, 3.63) is 0 Å². The standard InChI is InChI=1S/C9H20ClNS/c1-8(2)9(4-5-10)11-6-7-12-3/h8-9,11H,4-7H2,1-3H3. The van der Waals surface area contributed by atoms with Crippen LogP contribution in [0.25, 0.3) is 0 Å². The zero-order valence-electron chi connectivity index (χ0n) is 8.27. The Balaban J connectivity index is 3.49. The van der Waals surface area contributed by atoms with Crippen molar-refractivity contribution in [2.45, 2.75) is 26.3 Å². The summed E-state index contributed by atoms with van der Waals surface area (Å²) in [5.74, 6) is 2.63. The number of alkyl halides is 1. The lowest BCUT2D eigenvalue weighted by molar-refractivity contribution is 0.400. The molecule has 1 N–H and O–H groups in total. The summed E-state index contributed by atoms with van der Waals surface area (Å²) in [5, 5.41) is 3.52. The molecule has 0 saturated heterocycles. The van der Waals surface area contributed by atoms with E-state index in [1.54, 1.807) is 0 Å². The van der Waals surface area contributed by atoms with Gasteiger partial charge in [-0.15, -0.1) is 11.6 Å². The van der Waals surface area contributed by atoms with Gasteiger partial charge in [-0.25, -0.2) is 0 Å². The Kier molecular flexibility index (Phi) is 8.62. The zero-order valence-corrected chi connectivity index (χ0v) is 9.84. The molecule has 0 aliphatic rings. The van der Waals surface area contributed by atoms with E-state index in [1.807, 2.05) is 11.8 Å². The highest BCUT2D eigenvalue weighted by Gasteiger charge is 2.10. The van der Waals surface area contributed by atoms with Crippen LogP contribution in [-0.2, 0) is 0 Å². The summed E-state index contributed by atoms with van der Waals surface area (Å²) < 4.78 is 0. The van der Waals surface area contributed by atoms with E-state index in [0.717, 1.165) is 18.8 Å². The van der Waals surface area contributed by atoms with Crippen molar-refractivity contribution in [2.75, 3.05) is 24.4 Å². The first-order valence-corrected chi connectivity index (χ1v) is 6.43. The molecule has 3 heteroatoms. The molecule has 0 radical (unpaired) electrons. The van der Waals surface area contributed by atoms with Crippen LogP contribution >= 0.6 is 23.4 Å². The summed E-state index contributed by atoms with van der Waals surface area (Å²) in [6, 6.07) is 0.592. The molecule has 0 amide bonds. The minimum Gasteiger partial charge on any atom is -0.313 e. The number of hydrogen-bond acceptors (Lipinski definition) is 2. The van der Waals surface area contributed by atoms with Crippen molar-refractivity contribution in [3.63, 3.8) is 0 Å². The quantitative estimate of drug-likeness (QED) is 0.511. The first-order valence-electron chi connectivity index (χ1n) is 4.50. The second-order valence-electron chi connectivity index (χ2n) is 3.28. The lowest BCUT2D eigenvalue weighted by atomic mass is 10.0. The van der Waals surface area contributed by atoms with Gasteiger partial charge in [0.2, 0.25) is 0 Å². The topological polar surface area (TPSA) is 12.0 Å². The van der Waals surface area contributed by atoms with Gasteiger partial charge >= 0.3 is 0 Å². The van der Waals surface area contributed by atoms with Crippen LogP contribution in [0, 0.1) is 5.92 Å². The Morgan fingerprint density at radius 3 is 2.50 bits per heavy atom. The first-order chi connectivity index (χ1) is 5.72. The Labute approximate surface area is 85.6 Å². The number of thioether (sulfide) groups is 1. The maximum Gasteiger partial charge on any atom is 0.0238 e. The van der Waals surface area contributed by atoms with Gasteiger partial charge in [0.25, 0.3) is 0 Å². The summed E-state index contributed by atoms with van der Waals surface area (Å²) in [7, 11) is 0. The molecule has 74 valence electrons. The highest BCUT2D eigenvalue weighted by molar-refractivity contribution is 7.98. The van der Waals surface area contributed by atoms with E-state index in [2.05, 4.69) is 25.4 Å². The molecule has 0 fully saturated rings. The summed E-state index contributed by atoms with van der Waals surface area (Å²) >= 11 is 7.59. The summed E-state index contributed by atoms with van der Waals surface area (Å²) in [6.07, 6.45) is 3.21. The van der Waals surface area contributed by atoms with Crippen molar-refractivity contribution in [3.8, 4) is 0 Å². The molecule has 1 nitrogen and oxygen atoms in total. The Hall–Kier alpha value is 0.600. The molecule has 1 unspecified atom stereocenters. The Morgan fingerprint density at radius 1 is 1.42 bits per heavy atom. The maximum absolute atomic E-state index is 5.71. The molecule has 0 rings (SSSR count). The molecule has 0 heterocycles. The minimum atomic E-state index is 0.592. The fraction of sp³-hybridized carbons (Fsp3) is 1.00. The Bertz CT molecular complexity index is 98.5. The molecule has 0 bridgehead atoms. The normalized spacial score (nSPS) is 13.8. The lowest BCUT2D eigenvalue weighted by Crippen LogP contribution is -2.35. The molecule has 0 aliphatic carbocycles. The molecule has 0 aliphatic heterocycles. The van der Waals surface area contributed by atoms with Gasteiger partial charge in [-0.2, -0.15) is 11.8 Å². The van der Waals surface area contributed by atoms with E-state index in [1.165, 1.54) is 5.75 Å². The van der Waals surface area contributed by atoms with Gasteiger partial charge in [0, 0.05) is 24.2 Å². The molecular formula is C9H20ClNS. The fourth-order valence-electron chi connectivity index (χ4n) is 1.14. The van der Waals surface area contributed by atoms with Crippen LogP contribution in [0.3, 0.4) is 0 Å². The van der Waals surface area contributed by atoms with E-state index in [9.17, 15) is 0 Å². The summed E-state index contributed by atoms with van der Waals surface area (Å²) in [6.45, 7) is 5.58. The van der Waals surface area contributed by atoms with Crippen LogP contribution in [0.15, 0.2) is 0 Å². The molecule has 0 aromatic rings. The van der Waals surface area contributed by atoms with Crippen molar-refractivity contribution in [2.24, 2.45) is 5.92 Å². The second kappa shape index (κ2) is 8.21. The first kappa shape index (κ1) is 12.6. The van der Waals surface area contributed by atoms with Crippen LogP contribution in [0.1, 0.15) is 20.3 Å². The highest BCUT2D eigenvalue weighted by Crippen LogP contribution is 2.06. The van der Waals surface area contributed by atoms with Gasteiger partial charge in [0.05, 0.1) is 0 Å². The van der Waals surface area contributed by atoms with Crippen molar-refractivity contribution in [1.82, 2.24) is 5.32 Å². The predicted octanol–water partition coefficient (Wildman–Crippen LogP) is 2.59. The Morgan fingerprint density at radius 2 is 2.08 bits per heavy atom. The van der Waals surface area contributed by atoms with E-state index >= 15 is 0 Å². The minimum absolute atomic E-state index is 0.592. The van der Waals surface area contributed by atoms with Gasteiger partial charge in [0.15, 0.2) is 0 Å². The van der Waals surface area contributed by atoms with E-state index in [4.69, 9.17) is 11.6 Å². The van der Waals surface area contributed by atoms with Gasteiger partial charge in [-0.05, 0) is 18.6 Å². The number of halogens is 1. The van der Waals surface area contributed by atoms with Crippen molar-refractivity contribution < 1.29 is 0 Å². The predicted molar refractivity (Wildman–Crippen MR) is 60.3 cm³/mol. The molecule has 12 heavy (non-hydrogen) atoms. The highest BCUT2D eigenvalue weighted by atomic mass is 35.5. The fourth-order valence-corrected chi connectivity index (χ4v) is 1.69. The van der Waals surface area contributed by atoms with Gasteiger partial charge in [-0.1, -0.05) is 13.8 Å². The molecule has 1 atom stereocenters. The van der Waals surface area contributed by atoms with Gasteiger partial charge in [0.1, 0.15) is 0 Å². The van der Waals surface area contributed by atoms with E-state index < -0.39 is 0 Å². The summed E-state index contributed by atoms with van der Waals surface area (Å²) in [4.78, 5) is 0. The lowest BCUT2D eigenvalue weighted by Gasteiger charge is -2.21. The number of nitrogens with one attached hydrogen (secondary N) is 1. The maximum atomic E-state index is 5.71. The molecule has 0 spiro atoms. The van der Waals surface area contributed by atoms with E-state index in [0.29, 0.717) is 12.0 Å². The number of hydrogen-bond donors (Lipinski definition) is 1. The smallest absolute Gasteiger partial charge is 0.0238 e. The second-order valence-corrected chi connectivity index (χ2v) is 4.64. The summed E-state index contributed by atoms with van der Waals surface area (Å²) in [5.41, 5.74) is 0. The largest absolute Gasteiger partial charge is 0.313 e. The zero-order chi connectivity index (χ0) is 9.40. The van der Waals surface area contributed by atoms with Crippen LogP contribution in [0.5, 0.6) is 0 Å². The van der Waals surface area contributed by atoms with Crippen LogP contribution in [-0.4, -0.2) is 30.5 Å². The van der Waals surface area contributed by atoms with Crippen molar-refractivity contribution in [1.29, 1.82) is 0 Å². The SMILES string of the molecule is CSCCNC(CCCl)C(C)C. The third kappa shape index (κ3) is 6.15. The van der Waals surface area contributed by atoms with Crippen LogP contribution < -0.4 is 5.32 Å². The molecular weight excluding hydrogens is 190 g/mol. The van der Waals surface area contributed by atoms with Crippen LogP contribution in [0.4, 0.5) is 0 Å². The molecule has 0 saturated carbocycles. The third-order valence-electron chi connectivity index (χ3n) is 1.94. The number of rotatable bonds is 7. The molecule has 0 aromatic heterocycles. The average Bonchev–Trinajstić information content (AvgIpc) is 2.03. The third-order valence-corrected chi connectivity index (χ3v) is 2.77. The van der Waals surface area contributed by atoms with Crippen LogP contribution in [0.2, 0.25) is 0 Å². The average molecular weight is 210 g/mol. The van der Waals surface area contributed by atoms with Gasteiger partial charge in [-0.3, -0.25) is 0 Å². The monoisotopic (exact) mass is 209 g/mol. The molecule has 0 aromatic carbocycles. The van der Waals surface area contributed by atoms with Crippen molar-refractivity contribution >= 4 is 23.4 Å². The van der Waals surface area contributed by atoms with Gasteiger partial charge < -0.3 is 5.32 Å². The van der Waals surface area contributed by atoms with E-state index in [-0.39, 0.29) is 0 Å².